The van der Waals surface area contributed by atoms with Gasteiger partial charge in [0.25, 0.3) is 0 Å². The van der Waals surface area contributed by atoms with Crippen molar-refractivity contribution in [1.82, 2.24) is 0 Å². The molecule has 1 unspecified atom stereocenters. The van der Waals surface area contributed by atoms with Crippen LogP contribution in [0.1, 0.15) is 329 Å². The standard InChI is InChI=1S/C73H126O6/c1-4-7-10-13-16-19-22-25-27-29-31-33-34-35-36-37-38-40-41-43-45-48-51-54-57-60-63-66-72(75)78-69-70(68-77-71(74)65-62-59-56-53-50-47-24-21-18-15-12-9-6-3)79-73(76)67-64-61-58-55-52-49-46-44-42-39-32-30-28-26-23-20-17-14-11-8-5-2/h7,9-10,12,16,18-19,21,25,27,30-33,47,50,70H,4-6,8,11,13-15,17,20,22-24,26,28-29,34-46,48-49,51-69H2,1-3H3/b10-7-,12-9-,19-16-,21-18-,27-25-,32-30-,33-31-,50-47-. The van der Waals surface area contributed by atoms with E-state index >= 15 is 0 Å². The van der Waals surface area contributed by atoms with Crippen molar-refractivity contribution in [2.45, 2.75) is 335 Å². The van der Waals surface area contributed by atoms with Crippen molar-refractivity contribution >= 4 is 17.9 Å². The molecule has 1 atom stereocenters. The van der Waals surface area contributed by atoms with Gasteiger partial charge in [-0.3, -0.25) is 14.4 Å². The molecule has 0 amide bonds. The summed E-state index contributed by atoms with van der Waals surface area (Å²) in [5.74, 6) is -0.906. The van der Waals surface area contributed by atoms with Gasteiger partial charge in [0, 0.05) is 19.3 Å². The highest BCUT2D eigenvalue weighted by molar-refractivity contribution is 5.71. The number of rotatable bonds is 61. The van der Waals surface area contributed by atoms with Crippen LogP contribution in [0, 0.1) is 0 Å². The summed E-state index contributed by atoms with van der Waals surface area (Å²) in [6.07, 6.45) is 90.0. The Hall–Kier alpha value is -3.67. The minimum absolute atomic E-state index is 0.0862. The van der Waals surface area contributed by atoms with Crippen molar-refractivity contribution in [2.75, 3.05) is 13.2 Å². The first-order valence-electron chi connectivity index (χ1n) is 33.7. The fourth-order valence-electron chi connectivity index (χ4n) is 9.56. The average molecular weight is 1100 g/mol. The first kappa shape index (κ1) is 75.3. The summed E-state index contributed by atoms with van der Waals surface area (Å²) in [6.45, 7) is 6.42. The summed E-state index contributed by atoms with van der Waals surface area (Å²) in [5, 5.41) is 0. The molecular formula is C73H126O6. The summed E-state index contributed by atoms with van der Waals surface area (Å²) in [5.41, 5.74) is 0. The van der Waals surface area contributed by atoms with Gasteiger partial charge < -0.3 is 14.2 Å². The molecule has 0 bridgehead atoms. The van der Waals surface area contributed by atoms with E-state index in [9.17, 15) is 14.4 Å². The molecule has 0 aromatic heterocycles. The summed E-state index contributed by atoms with van der Waals surface area (Å²) in [6, 6.07) is 0. The quantitative estimate of drug-likeness (QED) is 0.0261. The van der Waals surface area contributed by atoms with Gasteiger partial charge in [-0.2, -0.15) is 0 Å². The van der Waals surface area contributed by atoms with E-state index in [1.165, 1.54) is 180 Å². The van der Waals surface area contributed by atoms with Crippen LogP contribution in [0.25, 0.3) is 0 Å². The van der Waals surface area contributed by atoms with Crippen molar-refractivity contribution < 1.29 is 28.6 Å². The molecule has 0 saturated carbocycles. The minimum Gasteiger partial charge on any atom is -0.462 e. The monoisotopic (exact) mass is 1100 g/mol. The number of unbranched alkanes of at least 4 members (excludes halogenated alkanes) is 34. The largest absolute Gasteiger partial charge is 0.462 e. The molecule has 0 fully saturated rings. The van der Waals surface area contributed by atoms with Gasteiger partial charge in [0.05, 0.1) is 0 Å². The zero-order valence-electron chi connectivity index (χ0n) is 52.1. The summed E-state index contributed by atoms with van der Waals surface area (Å²) >= 11 is 0. The zero-order valence-corrected chi connectivity index (χ0v) is 52.1. The Morgan fingerprint density at radius 3 is 0.797 bits per heavy atom. The van der Waals surface area contributed by atoms with Gasteiger partial charge in [0.1, 0.15) is 13.2 Å². The topological polar surface area (TPSA) is 78.9 Å². The van der Waals surface area contributed by atoms with E-state index in [0.717, 1.165) is 109 Å². The Bertz CT molecular complexity index is 1540. The second-order valence-electron chi connectivity index (χ2n) is 22.3. The SMILES string of the molecule is CC/C=C\C/C=C\C/C=C\C/C=C\CCCCCCCCCCCCCCCCC(=O)OCC(COC(=O)CCCCC/C=C\C/C=C\C/C=C\CC)OC(=O)CCCCCCCCCCC/C=C\CCCCCCCCCC. The number of hydrogen-bond donors (Lipinski definition) is 0. The number of carbonyl (C=O) groups is 3. The van der Waals surface area contributed by atoms with Crippen LogP contribution in [-0.2, 0) is 28.6 Å². The number of allylic oxidation sites excluding steroid dienone is 16. The molecule has 0 spiro atoms. The van der Waals surface area contributed by atoms with Gasteiger partial charge in [-0.1, -0.05) is 291 Å². The molecule has 0 rings (SSSR count). The van der Waals surface area contributed by atoms with E-state index in [0.29, 0.717) is 19.3 Å². The van der Waals surface area contributed by atoms with E-state index in [4.69, 9.17) is 14.2 Å². The summed E-state index contributed by atoms with van der Waals surface area (Å²) < 4.78 is 16.9. The van der Waals surface area contributed by atoms with Crippen LogP contribution in [0.2, 0.25) is 0 Å². The highest BCUT2D eigenvalue weighted by atomic mass is 16.6. The summed E-state index contributed by atoms with van der Waals surface area (Å²) in [4.78, 5) is 38.4. The Balaban J connectivity index is 4.28. The van der Waals surface area contributed by atoms with E-state index in [-0.39, 0.29) is 31.1 Å². The Morgan fingerprint density at radius 2 is 0.494 bits per heavy atom. The van der Waals surface area contributed by atoms with E-state index < -0.39 is 6.10 Å². The zero-order chi connectivity index (χ0) is 57.1. The number of hydrogen-bond acceptors (Lipinski definition) is 6. The number of ether oxygens (including phenoxy) is 3. The van der Waals surface area contributed by atoms with Crippen molar-refractivity contribution in [3.8, 4) is 0 Å². The average Bonchev–Trinajstić information content (AvgIpc) is 3.45. The van der Waals surface area contributed by atoms with Crippen LogP contribution < -0.4 is 0 Å². The molecule has 0 aliphatic heterocycles. The predicted molar refractivity (Wildman–Crippen MR) is 344 cm³/mol. The highest BCUT2D eigenvalue weighted by Crippen LogP contribution is 2.17. The molecule has 454 valence electrons. The Kier molecular flexibility index (Phi) is 63.7. The second-order valence-corrected chi connectivity index (χ2v) is 22.3. The fraction of sp³-hybridized carbons (Fsp3) is 0.740. The van der Waals surface area contributed by atoms with Gasteiger partial charge in [-0.05, 0) is 116 Å². The van der Waals surface area contributed by atoms with Gasteiger partial charge in [-0.15, -0.1) is 0 Å². The number of carbonyl (C=O) groups excluding carboxylic acids is 3. The van der Waals surface area contributed by atoms with Crippen LogP contribution in [0.15, 0.2) is 97.2 Å². The lowest BCUT2D eigenvalue weighted by Gasteiger charge is -2.18. The van der Waals surface area contributed by atoms with Crippen molar-refractivity contribution in [3.05, 3.63) is 97.2 Å². The van der Waals surface area contributed by atoms with Crippen molar-refractivity contribution in [2.24, 2.45) is 0 Å². The third-order valence-corrected chi connectivity index (χ3v) is 14.6. The normalized spacial score (nSPS) is 12.7. The maximum absolute atomic E-state index is 12.9. The molecule has 0 saturated heterocycles. The molecule has 6 heteroatoms. The van der Waals surface area contributed by atoms with Gasteiger partial charge in [0.2, 0.25) is 0 Å². The van der Waals surface area contributed by atoms with Crippen LogP contribution in [-0.4, -0.2) is 37.2 Å². The number of esters is 3. The Labute approximate surface area is 489 Å². The lowest BCUT2D eigenvalue weighted by Crippen LogP contribution is -2.30. The molecule has 6 nitrogen and oxygen atoms in total. The third kappa shape index (κ3) is 65.0. The van der Waals surface area contributed by atoms with E-state index in [2.05, 4.69) is 118 Å². The third-order valence-electron chi connectivity index (χ3n) is 14.6. The van der Waals surface area contributed by atoms with E-state index in [1.54, 1.807) is 0 Å². The predicted octanol–water partition coefficient (Wildman–Crippen LogP) is 23.2. The van der Waals surface area contributed by atoms with Crippen LogP contribution in [0.5, 0.6) is 0 Å². The first-order valence-corrected chi connectivity index (χ1v) is 33.7. The lowest BCUT2D eigenvalue weighted by atomic mass is 10.0. The molecule has 0 aromatic rings. The van der Waals surface area contributed by atoms with Crippen LogP contribution in [0.4, 0.5) is 0 Å². The smallest absolute Gasteiger partial charge is 0.306 e. The lowest BCUT2D eigenvalue weighted by molar-refractivity contribution is -0.167. The molecule has 0 radical (unpaired) electrons. The summed E-state index contributed by atoms with van der Waals surface area (Å²) in [7, 11) is 0. The second kappa shape index (κ2) is 66.8. The molecule has 79 heavy (non-hydrogen) atoms. The molecule has 0 aromatic carbocycles. The fourth-order valence-corrected chi connectivity index (χ4v) is 9.56. The highest BCUT2D eigenvalue weighted by Gasteiger charge is 2.19. The maximum Gasteiger partial charge on any atom is 0.306 e. The van der Waals surface area contributed by atoms with Crippen LogP contribution >= 0.6 is 0 Å². The Morgan fingerprint density at radius 1 is 0.266 bits per heavy atom. The molecule has 0 aliphatic carbocycles. The first-order chi connectivity index (χ1) is 39.0. The van der Waals surface area contributed by atoms with Crippen molar-refractivity contribution in [1.29, 1.82) is 0 Å². The van der Waals surface area contributed by atoms with Gasteiger partial charge in [0.15, 0.2) is 6.10 Å². The molecular weight excluding hydrogens is 973 g/mol. The van der Waals surface area contributed by atoms with E-state index in [1.807, 2.05) is 0 Å². The molecule has 0 aliphatic rings. The maximum atomic E-state index is 12.9. The molecule has 0 N–H and O–H groups in total. The van der Waals surface area contributed by atoms with Gasteiger partial charge in [-0.25, -0.2) is 0 Å². The van der Waals surface area contributed by atoms with Gasteiger partial charge >= 0.3 is 17.9 Å². The minimum atomic E-state index is -0.792. The van der Waals surface area contributed by atoms with Crippen LogP contribution in [0.3, 0.4) is 0 Å². The molecule has 0 heterocycles. The van der Waals surface area contributed by atoms with Crippen molar-refractivity contribution in [3.63, 3.8) is 0 Å².